The van der Waals surface area contributed by atoms with E-state index in [4.69, 9.17) is 11.5 Å². The van der Waals surface area contributed by atoms with Gasteiger partial charge in [-0.3, -0.25) is 33.6 Å². The molecule has 77 heavy (non-hydrogen) atoms. The second-order valence-electron chi connectivity index (χ2n) is 18.7. The van der Waals surface area contributed by atoms with E-state index in [0.29, 0.717) is 33.5 Å². The number of nitrogens with two attached hydrogens (primary N) is 2. The summed E-state index contributed by atoms with van der Waals surface area (Å²) < 4.78 is 14.0. The highest BCUT2D eigenvalue weighted by Crippen LogP contribution is 2.17. The first-order valence-corrected chi connectivity index (χ1v) is 25.2. The Hall–Kier alpha value is -9.00. The van der Waals surface area contributed by atoms with Crippen LogP contribution in [0.5, 0.6) is 0 Å². The molecule has 6 amide bonds. The number of nitrogens with zero attached hydrogens (tertiary/aromatic N) is 1. The Bertz CT molecular complexity index is 2860. The topological polar surface area (TPSA) is 293 Å². The average Bonchev–Trinajstić information content (AvgIpc) is 3.41. The predicted molar refractivity (Wildman–Crippen MR) is 290 cm³/mol. The largest absolute Gasteiger partial charge is 0.480 e. The second-order valence-corrected chi connectivity index (χ2v) is 18.7. The van der Waals surface area contributed by atoms with Crippen molar-refractivity contribution in [3.63, 3.8) is 0 Å². The molecule has 404 valence electrons. The van der Waals surface area contributed by atoms with E-state index < -0.39 is 71.5 Å². The van der Waals surface area contributed by atoms with Crippen LogP contribution in [0.2, 0.25) is 0 Å². The highest BCUT2D eigenvalue weighted by molar-refractivity contribution is 6.09. The van der Waals surface area contributed by atoms with Crippen molar-refractivity contribution in [1.29, 1.82) is 0 Å². The molecule has 0 saturated heterocycles. The predicted octanol–water partition coefficient (Wildman–Crippen LogP) is 4.56. The molecule has 0 aromatic heterocycles. The van der Waals surface area contributed by atoms with Crippen molar-refractivity contribution in [1.82, 2.24) is 31.9 Å². The van der Waals surface area contributed by atoms with Crippen molar-refractivity contribution in [2.24, 2.45) is 22.4 Å². The van der Waals surface area contributed by atoms with Crippen LogP contribution >= 0.6 is 0 Å². The first-order chi connectivity index (χ1) is 36.9. The number of benzene rings is 5. The monoisotopic (exact) mass is 1050 g/mol. The van der Waals surface area contributed by atoms with Gasteiger partial charge in [-0.25, -0.2) is 14.2 Å². The number of carboxylic acids is 1. The molecular formula is C58H66FN9O9. The molecule has 0 aliphatic rings. The molecule has 18 nitrogen and oxygen atoms in total. The summed E-state index contributed by atoms with van der Waals surface area (Å²) >= 11 is 0. The summed E-state index contributed by atoms with van der Waals surface area (Å²) in [5.74, 6) is -6.64. The number of carbonyl (C=O) groups excluding carboxylic acids is 7. The quantitative estimate of drug-likeness (QED) is 0.0110. The lowest BCUT2D eigenvalue weighted by atomic mass is 9.98. The zero-order chi connectivity index (χ0) is 55.9. The van der Waals surface area contributed by atoms with Gasteiger partial charge in [0.25, 0.3) is 0 Å². The van der Waals surface area contributed by atoms with E-state index in [-0.39, 0.29) is 75.1 Å². The summed E-state index contributed by atoms with van der Waals surface area (Å²) in [5.41, 5.74) is 14.6. The van der Waals surface area contributed by atoms with E-state index in [9.17, 15) is 47.9 Å². The minimum atomic E-state index is -1.42. The molecule has 0 aliphatic carbocycles. The summed E-state index contributed by atoms with van der Waals surface area (Å²) in [6, 6.07) is 28.9. The summed E-state index contributed by atoms with van der Waals surface area (Å²) in [7, 11) is 0. The molecule has 0 spiro atoms. The highest BCUT2D eigenvalue weighted by atomic mass is 19.1. The van der Waals surface area contributed by atoms with Crippen LogP contribution in [0.15, 0.2) is 145 Å². The third-order valence-corrected chi connectivity index (χ3v) is 12.1. The third kappa shape index (κ3) is 20.0. The summed E-state index contributed by atoms with van der Waals surface area (Å²) in [5, 5.41) is 26.3. The number of ketones is 1. The number of hydrogen-bond acceptors (Lipinski definition) is 9. The van der Waals surface area contributed by atoms with Crippen molar-refractivity contribution in [3.05, 3.63) is 179 Å². The Kier molecular flexibility index (Phi) is 22.8. The van der Waals surface area contributed by atoms with Crippen molar-refractivity contribution in [2.45, 2.75) is 95.9 Å². The maximum absolute atomic E-state index is 14.7. The minimum Gasteiger partial charge on any atom is -0.480 e. The lowest BCUT2D eigenvalue weighted by molar-refractivity contribution is -0.142. The molecule has 19 heteroatoms. The fourth-order valence-corrected chi connectivity index (χ4v) is 8.02. The first-order valence-electron chi connectivity index (χ1n) is 25.2. The lowest BCUT2D eigenvalue weighted by Crippen LogP contribution is -2.59. The molecule has 0 unspecified atom stereocenters. The number of rotatable bonds is 28. The fraction of sp³-hybridized carbons (Fsp3) is 0.293. The standard InChI is InChI=1S/C58H66FN9O9/c1-4-50(69)62-31-11-16-45(57(76)77)65-55(74)48(34-38-17-24-42(25-18-38)52(71)41-14-9-6-10-15-41)67-53(72)46(32-36(2)3)66-56(75)49(35-40-21-28-44(29-22-40)63-58(60)61)68-54(73)47(33-39-19-26-43(59)27-20-39)64-51(70)30-23-37-12-7-5-8-13-37/h5-10,12-15,17-30,36,45-49H,4,11,16,31-35H2,1-3H3,(H,62,69)(H,64,70)(H,65,74)(H,66,75)(H,67,72)(H,68,73)(H,76,77)(H4,60,61,63)/b30-23+/t45-,46-,47-,48-,49-/m0/s1. The molecular weight excluding hydrogens is 986 g/mol. The molecule has 0 aliphatic heterocycles. The number of aliphatic imine (C=N–C) groups is 1. The highest BCUT2D eigenvalue weighted by Gasteiger charge is 2.33. The van der Waals surface area contributed by atoms with E-state index >= 15 is 0 Å². The van der Waals surface area contributed by atoms with Gasteiger partial charge in [0.2, 0.25) is 35.4 Å². The number of carboxylic acid groups (broad SMARTS) is 1. The van der Waals surface area contributed by atoms with Crippen molar-refractivity contribution in [2.75, 3.05) is 6.54 Å². The zero-order valence-electron chi connectivity index (χ0n) is 43.2. The summed E-state index contributed by atoms with van der Waals surface area (Å²) in [4.78, 5) is 113. The Labute approximate surface area is 446 Å². The molecule has 0 fully saturated rings. The van der Waals surface area contributed by atoms with E-state index in [0.717, 1.165) is 5.56 Å². The molecule has 0 heterocycles. The number of carbonyl (C=O) groups is 8. The molecule has 0 radical (unpaired) electrons. The number of aliphatic carboxylic acids is 1. The summed E-state index contributed by atoms with van der Waals surface area (Å²) in [6.45, 7) is 5.45. The van der Waals surface area contributed by atoms with Crippen LogP contribution in [-0.2, 0) is 52.8 Å². The van der Waals surface area contributed by atoms with Gasteiger partial charge in [0, 0.05) is 49.4 Å². The summed E-state index contributed by atoms with van der Waals surface area (Å²) in [6.07, 6.45) is 2.81. The Balaban J connectivity index is 1.44. The van der Waals surface area contributed by atoms with Crippen LogP contribution in [0.25, 0.3) is 6.08 Å². The molecule has 5 aromatic carbocycles. The molecule has 5 rings (SSSR count). The van der Waals surface area contributed by atoms with Crippen LogP contribution in [0.1, 0.15) is 84.6 Å². The van der Waals surface area contributed by atoms with Crippen LogP contribution < -0.4 is 43.4 Å². The number of guanidine groups is 1. The Morgan fingerprint density at radius 1 is 0.584 bits per heavy atom. The van der Waals surface area contributed by atoms with E-state index in [1.54, 1.807) is 116 Å². The first kappa shape index (κ1) is 58.9. The van der Waals surface area contributed by atoms with Gasteiger partial charge in [-0.1, -0.05) is 130 Å². The van der Waals surface area contributed by atoms with Crippen molar-refractivity contribution < 1.29 is 47.9 Å². The molecule has 0 bridgehead atoms. The molecule has 5 atom stereocenters. The Morgan fingerprint density at radius 2 is 1.04 bits per heavy atom. The number of nitrogens with one attached hydrogen (secondary N) is 6. The zero-order valence-corrected chi connectivity index (χ0v) is 43.2. The minimum absolute atomic E-state index is 0.0360. The molecule has 0 saturated carbocycles. The van der Waals surface area contributed by atoms with E-state index in [1.807, 2.05) is 19.9 Å². The van der Waals surface area contributed by atoms with Crippen molar-refractivity contribution >= 4 is 64.9 Å². The number of amides is 6. The van der Waals surface area contributed by atoms with E-state index in [2.05, 4.69) is 36.9 Å². The van der Waals surface area contributed by atoms with Gasteiger partial charge in [-0.05, 0) is 77.8 Å². The Morgan fingerprint density at radius 3 is 1.55 bits per heavy atom. The normalized spacial score (nSPS) is 12.9. The lowest BCUT2D eigenvalue weighted by Gasteiger charge is -2.28. The van der Waals surface area contributed by atoms with Gasteiger partial charge in [0.15, 0.2) is 11.7 Å². The number of hydrogen-bond donors (Lipinski definition) is 9. The fourth-order valence-electron chi connectivity index (χ4n) is 8.02. The average molecular weight is 1050 g/mol. The van der Waals surface area contributed by atoms with Gasteiger partial charge >= 0.3 is 5.97 Å². The maximum atomic E-state index is 14.7. The van der Waals surface area contributed by atoms with Gasteiger partial charge in [-0.15, -0.1) is 0 Å². The van der Waals surface area contributed by atoms with Crippen LogP contribution in [-0.4, -0.2) is 95.0 Å². The van der Waals surface area contributed by atoms with Gasteiger partial charge in [0.1, 0.15) is 36.0 Å². The molecule has 11 N–H and O–H groups in total. The van der Waals surface area contributed by atoms with Gasteiger partial charge in [-0.2, -0.15) is 0 Å². The van der Waals surface area contributed by atoms with Crippen LogP contribution in [0.4, 0.5) is 10.1 Å². The van der Waals surface area contributed by atoms with Crippen LogP contribution in [0, 0.1) is 11.7 Å². The molecule has 5 aromatic rings. The van der Waals surface area contributed by atoms with Crippen LogP contribution in [0.3, 0.4) is 0 Å². The van der Waals surface area contributed by atoms with Crippen molar-refractivity contribution in [3.8, 4) is 0 Å². The van der Waals surface area contributed by atoms with Gasteiger partial charge in [0.05, 0.1) is 5.69 Å². The second kappa shape index (κ2) is 29.8. The maximum Gasteiger partial charge on any atom is 0.326 e. The van der Waals surface area contributed by atoms with E-state index in [1.165, 1.54) is 30.3 Å². The SMILES string of the molecule is CCC(=O)NCCC[C@H](NC(=O)[C@H](Cc1ccc(C(=O)c2ccccc2)cc1)NC(=O)[C@H](CC(C)C)NC(=O)[C@H](Cc1ccc(N=C(N)N)cc1)NC(=O)[C@H](Cc1ccc(F)cc1)NC(=O)/C=C/c1ccccc1)C(=O)O. The number of halogens is 1. The smallest absolute Gasteiger partial charge is 0.326 e. The third-order valence-electron chi connectivity index (χ3n) is 12.1. The van der Waals surface area contributed by atoms with Gasteiger partial charge < -0.3 is 48.5 Å².